The molecule has 1 unspecified atom stereocenters. The Morgan fingerprint density at radius 2 is 2.20 bits per heavy atom. The Labute approximate surface area is 154 Å². The Bertz CT molecular complexity index is 982. The van der Waals surface area contributed by atoms with E-state index >= 15 is 0 Å². The molecule has 3 aromatic rings. The van der Waals surface area contributed by atoms with E-state index < -0.39 is 4.87 Å². The lowest BCUT2D eigenvalue weighted by Crippen LogP contribution is -2.36. The summed E-state index contributed by atoms with van der Waals surface area (Å²) in [6.07, 6.45) is 7.15. The van der Waals surface area contributed by atoms with Gasteiger partial charge in [-0.1, -0.05) is 12.1 Å². The van der Waals surface area contributed by atoms with E-state index in [0.29, 0.717) is 0 Å². The number of fused-ring (bicyclic) bond motifs is 2. The number of hydrogen-bond acceptors (Lipinski definition) is 5. The van der Waals surface area contributed by atoms with Crippen molar-refractivity contribution in [1.29, 1.82) is 0 Å². The normalized spacial score (nSPS) is 18.6. The molecule has 4 rings (SSSR count). The number of thioether (sulfide) groups is 1. The molecule has 2 aromatic heterocycles. The summed E-state index contributed by atoms with van der Waals surface area (Å²) in [5.74, 6) is 0.769. The monoisotopic (exact) mass is 374 g/mol. The molecule has 0 radical (unpaired) electrons. The molecule has 8 heteroatoms. The summed E-state index contributed by atoms with van der Waals surface area (Å²) in [6, 6.07) is 7.67. The van der Waals surface area contributed by atoms with Gasteiger partial charge in [-0.25, -0.2) is 4.98 Å². The summed E-state index contributed by atoms with van der Waals surface area (Å²) in [4.78, 5) is 22.9. The van der Waals surface area contributed by atoms with Gasteiger partial charge in [-0.2, -0.15) is 0 Å². The van der Waals surface area contributed by atoms with E-state index in [-0.39, 0.29) is 23.8 Å². The van der Waals surface area contributed by atoms with Gasteiger partial charge in [0.05, 0.1) is 17.8 Å². The van der Waals surface area contributed by atoms with Crippen molar-refractivity contribution in [2.75, 3.05) is 0 Å². The van der Waals surface area contributed by atoms with Crippen molar-refractivity contribution in [1.82, 2.24) is 15.0 Å². The van der Waals surface area contributed by atoms with E-state index in [4.69, 9.17) is 0 Å². The lowest BCUT2D eigenvalue weighted by molar-refractivity contribution is -0.524. The molecule has 0 bridgehead atoms. The van der Waals surface area contributed by atoms with Crippen molar-refractivity contribution in [2.24, 2.45) is 0 Å². The molecule has 1 N–H and O–H groups in total. The van der Waals surface area contributed by atoms with Crippen LogP contribution in [0.25, 0.3) is 16.8 Å². The van der Waals surface area contributed by atoms with Crippen molar-refractivity contribution in [3.05, 3.63) is 70.1 Å². The third-order valence-corrected chi connectivity index (χ3v) is 5.46. The standard InChI is InChI=1S/C17H14N4O2S.ClH/c1-11-19-14-5-7-17(21(22)23,9-15(14)20-11)24-16-4-2-3-12-10-18-8-6-13(12)16;/h2-8,10H,9H2,1H3,(H,19,20);1H. The van der Waals surface area contributed by atoms with Crippen molar-refractivity contribution in [2.45, 2.75) is 23.1 Å². The first-order valence-electron chi connectivity index (χ1n) is 7.48. The Balaban J connectivity index is 0.00000182. The van der Waals surface area contributed by atoms with E-state index in [1.807, 2.05) is 31.2 Å². The average molecular weight is 375 g/mol. The highest BCUT2D eigenvalue weighted by molar-refractivity contribution is 8.00. The molecule has 0 spiro atoms. The fourth-order valence-electron chi connectivity index (χ4n) is 2.96. The number of rotatable bonds is 3. The first kappa shape index (κ1) is 17.4. The van der Waals surface area contributed by atoms with Gasteiger partial charge in [0.25, 0.3) is 4.87 Å². The second-order valence-electron chi connectivity index (χ2n) is 5.75. The third-order valence-electron chi connectivity index (χ3n) is 4.10. The second-order valence-corrected chi connectivity index (χ2v) is 7.10. The number of nitro groups is 1. The van der Waals surface area contributed by atoms with Crippen LogP contribution in [0.5, 0.6) is 0 Å². The Kier molecular flexibility index (Phi) is 4.53. The summed E-state index contributed by atoms with van der Waals surface area (Å²) in [7, 11) is 0. The van der Waals surface area contributed by atoms with Gasteiger partial charge in [-0.05, 0) is 42.3 Å². The molecule has 25 heavy (non-hydrogen) atoms. The van der Waals surface area contributed by atoms with Crippen molar-refractivity contribution in [3.63, 3.8) is 0 Å². The average Bonchev–Trinajstić information content (AvgIpc) is 2.94. The number of halogens is 1. The van der Waals surface area contributed by atoms with Gasteiger partial charge in [0.1, 0.15) is 5.82 Å². The van der Waals surface area contributed by atoms with Crippen molar-refractivity contribution >= 4 is 41.0 Å². The fourth-order valence-corrected chi connectivity index (χ4v) is 4.21. The minimum Gasteiger partial charge on any atom is -0.345 e. The van der Waals surface area contributed by atoms with Crippen LogP contribution in [0, 0.1) is 17.0 Å². The predicted molar refractivity (Wildman–Crippen MR) is 101 cm³/mol. The van der Waals surface area contributed by atoms with Crippen LogP contribution in [-0.4, -0.2) is 24.7 Å². The molecule has 6 nitrogen and oxygen atoms in total. The lowest BCUT2D eigenvalue weighted by atomic mass is 10.0. The predicted octanol–water partition coefficient (Wildman–Crippen LogP) is 4.02. The summed E-state index contributed by atoms with van der Waals surface area (Å²) in [6.45, 7) is 1.85. The van der Waals surface area contributed by atoms with Crippen LogP contribution in [0.4, 0.5) is 0 Å². The number of aromatic amines is 1. The summed E-state index contributed by atoms with van der Waals surface area (Å²) in [5.41, 5.74) is 1.59. The quantitative estimate of drug-likeness (QED) is 0.425. The summed E-state index contributed by atoms with van der Waals surface area (Å²) >= 11 is 1.26. The zero-order valence-corrected chi connectivity index (χ0v) is 14.9. The van der Waals surface area contributed by atoms with Gasteiger partial charge < -0.3 is 4.98 Å². The molecule has 0 amide bonds. The number of pyridine rings is 1. The van der Waals surface area contributed by atoms with Crippen LogP contribution in [0.15, 0.2) is 47.6 Å². The highest BCUT2D eigenvalue weighted by atomic mass is 35.5. The SMILES string of the molecule is Cc1nc2c([nH]1)CC(Sc1cccc3cnccc13)([N+](=O)[O-])C=C2.Cl. The molecule has 0 fully saturated rings. The Hall–Kier alpha value is -2.38. The molecule has 1 aliphatic carbocycles. The number of imidazole rings is 1. The topological polar surface area (TPSA) is 84.7 Å². The number of nitrogens with one attached hydrogen (secondary N) is 1. The number of H-pyrrole nitrogens is 1. The molecule has 0 saturated heterocycles. The molecular formula is C17H15ClN4O2S. The van der Waals surface area contributed by atoms with Crippen LogP contribution in [0.1, 0.15) is 17.2 Å². The number of hydrogen-bond donors (Lipinski definition) is 1. The first-order chi connectivity index (χ1) is 11.6. The van der Waals surface area contributed by atoms with Crippen LogP contribution in [0.2, 0.25) is 0 Å². The third kappa shape index (κ3) is 3.01. The summed E-state index contributed by atoms with van der Waals surface area (Å²) in [5, 5.41) is 13.9. The second kappa shape index (κ2) is 6.50. The smallest absolute Gasteiger partial charge is 0.295 e. The number of aryl methyl sites for hydroxylation is 1. The highest BCUT2D eigenvalue weighted by Gasteiger charge is 2.45. The molecule has 0 saturated carbocycles. The van der Waals surface area contributed by atoms with Gasteiger partial charge in [0.15, 0.2) is 0 Å². The van der Waals surface area contributed by atoms with Gasteiger partial charge in [0.2, 0.25) is 0 Å². The van der Waals surface area contributed by atoms with Gasteiger partial charge >= 0.3 is 0 Å². The highest BCUT2D eigenvalue weighted by Crippen LogP contribution is 2.42. The van der Waals surface area contributed by atoms with Crippen LogP contribution in [-0.2, 0) is 6.42 Å². The van der Waals surface area contributed by atoms with Crippen LogP contribution in [0.3, 0.4) is 0 Å². The van der Waals surface area contributed by atoms with Crippen LogP contribution < -0.4 is 0 Å². The number of nitrogens with zero attached hydrogens (tertiary/aromatic N) is 3. The molecule has 1 atom stereocenters. The fraction of sp³-hybridized carbons (Fsp3) is 0.176. The van der Waals surface area contributed by atoms with E-state index in [2.05, 4.69) is 15.0 Å². The maximum Gasteiger partial charge on any atom is 0.295 e. The van der Waals surface area contributed by atoms with E-state index in [0.717, 1.165) is 32.9 Å². The zero-order valence-electron chi connectivity index (χ0n) is 13.3. The first-order valence-corrected chi connectivity index (χ1v) is 8.30. The molecule has 128 valence electrons. The minimum atomic E-state index is -1.25. The lowest BCUT2D eigenvalue weighted by Gasteiger charge is -2.24. The van der Waals surface area contributed by atoms with E-state index in [1.54, 1.807) is 24.5 Å². The molecule has 0 aliphatic heterocycles. The van der Waals surface area contributed by atoms with Crippen LogP contribution >= 0.6 is 24.2 Å². The van der Waals surface area contributed by atoms with Gasteiger partial charge in [-0.3, -0.25) is 15.1 Å². The number of benzene rings is 1. The number of aromatic nitrogens is 3. The molecule has 1 aromatic carbocycles. The van der Waals surface area contributed by atoms with Crippen molar-refractivity contribution in [3.8, 4) is 0 Å². The Morgan fingerprint density at radius 1 is 1.36 bits per heavy atom. The molecule has 2 heterocycles. The molecule has 1 aliphatic rings. The van der Waals surface area contributed by atoms with E-state index in [9.17, 15) is 10.1 Å². The minimum absolute atomic E-state index is 0. The summed E-state index contributed by atoms with van der Waals surface area (Å²) < 4.78 is 0. The maximum absolute atomic E-state index is 11.9. The van der Waals surface area contributed by atoms with Gasteiger partial charge in [-0.15, -0.1) is 12.4 Å². The zero-order chi connectivity index (χ0) is 16.7. The van der Waals surface area contributed by atoms with Crippen molar-refractivity contribution < 1.29 is 4.92 Å². The van der Waals surface area contributed by atoms with Gasteiger partial charge in [0, 0.05) is 33.7 Å². The maximum atomic E-state index is 11.9. The Morgan fingerprint density at radius 3 is 3.00 bits per heavy atom. The van der Waals surface area contributed by atoms with E-state index in [1.165, 1.54) is 11.8 Å². The largest absolute Gasteiger partial charge is 0.345 e. The molecular weight excluding hydrogens is 360 g/mol.